The van der Waals surface area contributed by atoms with E-state index in [0.717, 1.165) is 0 Å². The van der Waals surface area contributed by atoms with Crippen molar-refractivity contribution in [3.8, 4) is 22.9 Å². The van der Waals surface area contributed by atoms with E-state index in [4.69, 9.17) is 44.3 Å². The summed E-state index contributed by atoms with van der Waals surface area (Å²) in [6.45, 7) is 0.148. The Morgan fingerprint density at radius 1 is 0.944 bits per heavy atom. The van der Waals surface area contributed by atoms with Crippen molar-refractivity contribution in [3.05, 3.63) is 33.5 Å². The molecule has 2 heterocycles. The second-order valence-corrected chi connectivity index (χ2v) is 4.71. The highest BCUT2D eigenvalue weighted by Crippen LogP contribution is 2.41. The van der Waals surface area contributed by atoms with Gasteiger partial charge in [-0.15, -0.1) is 0 Å². The fraction of sp³-hybridized carbons (Fsp3) is 0.0909. The molecule has 0 amide bonds. The van der Waals surface area contributed by atoms with E-state index in [9.17, 15) is 0 Å². The first-order valence-electron chi connectivity index (χ1n) is 4.93. The average Bonchev–Trinajstić information content (AvgIpc) is 2.76. The molecule has 7 heteroatoms. The van der Waals surface area contributed by atoms with Crippen molar-refractivity contribution in [1.82, 2.24) is 9.97 Å². The van der Waals surface area contributed by atoms with Gasteiger partial charge in [-0.1, -0.05) is 34.8 Å². The van der Waals surface area contributed by atoms with Gasteiger partial charge in [-0.05, 0) is 12.1 Å². The van der Waals surface area contributed by atoms with Gasteiger partial charge in [0.25, 0.3) is 0 Å². The Morgan fingerprint density at radius 3 is 2.39 bits per heavy atom. The number of hydrogen-bond donors (Lipinski definition) is 0. The minimum absolute atomic E-state index is 0.148. The Bertz CT molecular complexity index is 614. The highest BCUT2D eigenvalue weighted by atomic mass is 35.5. The van der Waals surface area contributed by atoms with Crippen LogP contribution in [0.1, 0.15) is 0 Å². The normalized spacial score (nSPS) is 12.8. The van der Waals surface area contributed by atoms with Crippen LogP contribution < -0.4 is 9.47 Å². The molecule has 0 atom stereocenters. The molecule has 1 aromatic carbocycles. The molecule has 1 aliphatic rings. The third kappa shape index (κ3) is 2.07. The molecule has 1 aromatic heterocycles. The predicted molar refractivity (Wildman–Crippen MR) is 68.6 cm³/mol. The standard InChI is InChI=1S/C11H5Cl3N2O2/c12-6-1-5(2-7-10(6)18-4-17-7)11-15-8(13)3-9(14)16-11/h1-3H,4H2. The SMILES string of the molecule is Clc1cc(Cl)nc(-c2cc(Cl)c3c(c2)OCO3)n1. The van der Waals surface area contributed by atoms with E-state index in [-0.39, 0.29) is 17.1 Å². The van der Waals surface area contributed by atoms with Crippen LogP contribution in [0.15, 0.2) is 18.2 Å². The zero-order valence-electron chi connectivity index (χ0n) is 8.78. The van der Waals surface area contributed by atoms with Crippen LogP contribution in [0.5, 0.6) is 11.5 Å². The largest absolute Gasteiger partial charge is 0.454 e. The Kier molecular flexibility index (Phi) is 2.93. The molecule has 0 saturated carbocycles. The summed E-state index contributed by atoms with van der Waals surface area (Å²) in [5, 5.41) is 0.956. The average molecular weight is 304 g/mol. The second-order valence-electron chi connectivity index (χ2n) is 3.53. The molecule has 18 heavy (non-hydrogen) atoms. The van der Waals surface area contributed by atoms with Crippen LogP contribution in [0.2, 0.25) is 15.3 Å². The van der Waals surface area contributed by atoms with Crippen molar-refractivity contribution in [2.45, 2.75) is 0 Å². The summed E-state index contributed by atoms with van der Waals surface area (Å²) < 4.78 is 10.5. The predicted octanol–water partition coefficient (Wildman–Crippen LogP) is 3.83. The van der Waals surface area contributed by atoms with Crippen LogP contribution in [0, 0.1) is 0 Å². The minimum Gasteiger partial charge on any atom is -0.454 e. The molecule has 0 N–H and O–H groups in total. The zero-order valence-corrected chi connectivity index (χ0v) is 11.1. The van der Waals surface area contributed by atoms with E-state index < -0.39 is 0 Å². The van der Waals surface area contributed by atoms with Crippen molar-refractivity contribution < 1.29 is 9.47 Å². The monoisotopic (exact) mass is 302 g/mol. The van der Waals surface area contributed by atoms with Gasteiger partial charge in [-0.2, -0.15) is 0 Å². The summed E-state index contributed by atoms with van der Waals surface area (Å²) in [7, 11) is 0. The van der Waals surface area contributed by atoms with Crippen LogP contribution in [-0.4, -0.2) is 16.8 Å². The lowest BCUT2D eigenvalue weighted by Gasteiger charge is -2.04. The van der Waals surface area contributed by atoms with Crippen molar-refractivity contribution in [3.63, 3.8) is 0 Å². The van der Waals surface area contributed by atoms with E-state index in [0.29, 0.717) is 27.9 Å². The van der Waals surface area contributed by atoms with Gasteiger partial charge in [0, 0.05) is 11.6 Å². The molecule has 0 fully saturated rings. The summed E-state index contributed by atoms with van der Waals surface area (Å²) in [6, 6.07) is 4.87. The maximum atomic E-state index is 6.08. The lowest BCUT2D eigenvalue weighted by Crippen LogP contribution is -1.93. The van der Waals surface area contributed by atoms with Crippen molar-refractivity contribution in [2.75, 3.05) is 6.79 Å². The molecule has 0 saturated heterocycles. The van der Waals surface area contributed by atoms with E-state index in [1.54, 1.807) is 12.1 Å². The maximum absolute atomic E-state index is 6.08. The third-order valence-corrected chi connectivity index (χ3v) is 3.02. The van der Waals surface area contributed by atoms with Gasteiger partial charge in [-0.25, -0.2) is 9.97 Å². The van der Waals surface area contributed by atoms with Crippen LogP contribution in [-0.2, 0) is 0 Å². The fourth-order valence-corrected chi connectivity index (χ4v) is 2.30. The lowest BCUT2D eigenvalue weighted by molar-refractivity contribution is 0.174. The smallest absolute Gasteiger partial charge is 0.231 e. The number of aromatic nitrogens is 2. The summed E-state index contributed by atoms with van der Waals surface area (Å²) in [5.74, 6) is 1.46. The molecule has 0 spiro atoms. The second kappa shape index (κ2) is 4.46. The van der Waals surface area contributed by atoms with Crippen LogP contribution in [0.25, 0.3) is 11.4 Å². The van der Waals surface area contributed by atoms with Gasteiger partial charge in [0.15, 0.2) is 17.3 Å². The molecule has 0 bridgehead atoms. The van der Waals surface area contributed by atoms with Gasteiger partial charge < -0.3 is 9.47 Å². The number of ether oxygens (including phenoxy) is 2. The molecule has 0 aliphatic carbocycles. The van der Waals surface area contributed by atoms with Gasteiger partial charge in [0.1, 0.15) is 10.3 Å². The van der Waals surface area contributed by atoms with Crippen LogP contribution in [0.3, 0.4) is 0 Å². The van der Waals surface area contributed by atoms with Gasteiger partial charge in [0.05, 0.1) is 5.02 Å². The Balaban J connectivity index is 2.15. The summed E-state index contributed by atoms with van der Waals surface area (Å²) >= 11 is 17.7. The number of fused-ring (bicyclic) bond motifs is 1. The van der Waals surface area contributed by atoms with Gasteiger partial charge in [0.2, 0.25) is 6.79 Å². The fourth-order valence-electron chi connectivity index (χ4n) is 1.62. The summed E-state index contributed by atoms with van der Waals surface area (Å²) in [5.41, 5.74) is 0.661. The van der Waals surface area contributed by atoms with Crippen molar-refractivity contribution in [2.24, 2.45) is 0 Å². The highest BCUT2D eigenvalue weighted by molar-refractivity contribution is 6.33. The highest BCUT2D eigenvalue weighted by Gasteiger charge is 2.19. The third-order valence-electron chi connectivity index (χ3n) is 2.35. The molecule has 1 aliphatic heterocycles. The summed E-state index contributed by atoms with van der Waals surface area (Å²) in [4.78, 5) is 8.17. The number of nitrogens with zero attached hydrogens (tertiary/aromatic N) is 2. The molecular formula is C11H5Cl3N2O2. The quantitative estimate of drug-likeness (QED) is 0.751. The molecule has 92 valence electrons. The molecule has 4 nitrogen and oxygen atoms in total. The van der Waals surface area contributed by atoms with E-state index in [2.05, 4.69) is 9.97 Å². The molecule has 2 aromatic rings. The lowest BCUT2D eigenvalue weighted by atomic mass is 10.2. The maximum Gasteiger partial charge on any atom is 0.231 e. The van der Waals surface area contributed by atoms with Crippen molar-refractivity contribution >= 4 is 34.8 Å². The Hall–Kier alpha value is -1.23. The van der Waals surface area contributed by atoms with Crippen LogP contribution in [0.4, 0.5) is 0 Å². The van der Waals surface area contributed by atoms with E-state index in [1.807, 2.05) is 0 Å². The molecular weight excluding hydrogens is 298 g/mol. The van der Waals surface area contributed by atoms with Crippen LogP contribution >= 0.6 is 34.8 Å². The Morgan fingerprint density at radius 2 is 1.67 bits per heavy atom. The minimum atomic E-state index is 0.148. The van der Waals surface area contributed by atoms with Gasteiger partial charge >= 0.3 is 0 Å². The Labute approximate surface area is 117 Å². The number of benzene rings is 1. The summed E-state index contributed by atoms with van der Waals surface area (Å²) in [6.07, 6.45) is 0. The first-order valence-corrected chi connectivity index (χ1v) is 6.06. The first kappa shape index (κ1) is 11.8. The van der Waals surface area contributed by atoms with E-state index in [1.165, 1.54) is 6.07 Å². The number of hydrogen-bond acceptors (Lipinski definition) is 4. The molecule has 0 unspecified atom stereocenters. The zero-order chi connectivity index (χ0) is 12.7. The van der Waals surface area contributed by atoms with E-state index >= 15 is 0 Å². The number of rotatable bonds is 1. The molecule has 0 radical (unpaired) electrons. The van der Waals surface area contributed by atoms with Gasteiger partial charge in [-0.3, -0.25) is 0 Å². The molecule has 3 rings (SSSR count). The topological polar surface area (TPSA) is 44.2 Å². The van der Waals surface area contributed by atoms with Crippen molar-refractivity contribution in [1.29, 1.82) is 0 Å². The number of halogens is 3. The first-order chi connectivity index (χ1) is 8.63.